The van der Waals surface area contributed by atoms with E-state index in [2.05, 4.69) is 34.0 Å². The van der Waals surface area contributed by atoms with Crippen molar-refractivity contribution in [2.45, 2.75) is 69.2 Å². The predicted molar refractivity (Wildman–Crippen MR) is 172 cm³/mol. The number of Topliss-reactive ketones (excluding diaryl/α,β-unsaturated/α-hetero) is 1. The molecule has 0 saturated carbocycles. The highest BCUT2D eigenvalue weighted by molar-refractivity contribution is 6.42. The molecule has 1 aromatic rings. The number of carbonyl (C=O) groups excluding carboxylic acids is 3. The fraction of sp³-hybridized carbons (Fsp3) is 0.471. The Morgan fingerprint density at radius 2 is 1.45 bits per heavy atom. The van der Waals surface area contributed by atoms with Gasteiger partial charge in [0.1, 0.15) is 5.76 Å². The van der Waals surface area contributed by atoms with Crippen LogP contribution in [0.1, 0.15) is 74.8 Å². The minimum atomic E-state index is -0.716. The summed E-state index contributed by atoms with van der Waals surface area (Å²) in [6.07, 6.45) is 5.42. The molecule has 2 amide bonds. The predicted octanol–water partition coefficient (Wildman–Crippen LogP) is 6.48. The topological polar surface area (TPSA) is 102 Å². The molecule has 0 aromatic heterocycles. The van der Waals surface area contributed by atoms with Crippen molar-refractivity contribution in [1.29, 1.82) is 0 Å². The van der Waals surface area contributed by atoms with Crippen molar-refractivity contribution in [1.82, 2.24) is 4.90 Å². The van der Waals surface area contributed by atoms with Crippen LogP contribution in [-0.4, -0.2) is 59.5 Å². The normalized spacial score (nSPS) is 18.2. The van der Waals surface area contributed by atoms with E-state index in [-0.39, 0.29) is 34.5 Å². The molecule has 42 heavy (non-hydrogen) atoms. The second kappa shape index (κ2) is 12.5. The monoisotopic (exact) mass is 574 g/mol. The lowest BCUT2D eigenvalue weighted by Gasteiger charge is -2.30. The number of hydrogen-bond acceptors (Lipinski definition) is 6. The molecule has 1 aromatic carbocycles. The van der Waals surface area contributed by atoms with Crippen LogP contribution in [0.3, 0.4) is 0 Å². The first-order valence-electron chi connectivity index (χ1n) is 14.8. The van der Waals surface area contributed by atoms with Crippen LogP contribution in [0.4, 0.5) is 11.4 Å². The van der Waals surface area contributed by atoms with E-state index in [1.54, 1.807) is 39.0 Å². The van der Waals surface area contributed by atoms with Gasteiger partial charge in [-0.15, -0.1) is 0 Å². The first-order valence-corrected chi connectivity index (χ1v) is 14.8. The van der Waals surface area contributed by atoms with Crippen LogP contribution in [0.15, 0.2) is 64.0 Å². The van der Waals surface area contributed by atoms with Crippen LogP contribution in [0.5, 0.6) is 0 Å². The number of anilines is 2. The van der Waals surface area contributed by atoms with Crippen LogP contribution in [0.2, 0.25) is 0 Å². The van der Waals surface area contributed by atoms with Crippen LogP contribution in [-0.2, 0) is 14.4 Å². The fourth-order valence-electron chi connectivity index (χ4n) is 4.74. The van der Waals surface area contributed by atoms with E-state index < -0.39 is 10.8 Å². The minimum Gasteiger partial charge on any atom is -0.506 e. The van der Waals surface area contributed by atoms with Crippen LogP contribution in [0, 0.1) is 10.8 Å². The number of nitrogens with one attached hydrogen (secondary N) is 1. The van der Waals surface area contributed by atoms with Gasteiger partial charge in [0.05, 0.1) is 22.5 Å². The number of nitrogens with zero attached hydrogens (tertiary/aromatic N) is 3. The molecular weight excluding hydrogens is 528 g/mol. The molecule has 0 atom stereocenters. The van der Waals surface area contributed by atoms with Crippen molar-refractivity contribution < 1.29 is 19.5 Å². The summed E-state index contributed by atoms with van der Waals surface area (Å²) < 4.78 is 0. The van der Waals surface area contributed by atoms with Crippen molar-refractivity contribution in [3.63, 3.8) is 0 Å². The Labute approximate surface area is 250 Å². The van der Waals surface area contributed by atoms with Gasteiger partial charge >= 0.3 is 0 Å². The zero-order valence-electron chi connectivity index (χ0n) is 26.8. The molecule has 2 N–H and O–H groups in total. The Balaban J connectivity index is 2.20. The van der Waals surface area contributed by atoms with Crippen LogP contribution < -0.4 is 10.2 Å². The number of aliphatic imine (C=N–C) groups is 1. The van der Waals surface area contributed by atoms with Gasteiger partial charge in [-0.1, -0.05) is 41.5 Å². The largest absolute Gasteiger partial charge is 0.506 e. The van der Waals surface area contributed by atoms with Gasteiger partial charge < -0.3 is 20.2 Å². The maximum absolute atomic E-state index is 13.8. The Kier molecular flexibility index (Phi) is 9.70. The molecular formula is C34H46N4O4. The highest BCUT2D eigenvalue weighted by Gasteiger charge is 2.40. The van der Waals surface area contributed by atoms with E-state index >= 15 is 0 Å². The molecule has 0 bridgehead atoms. The first kappa shape index (κ1) is 32.6. The second-order valence-corrected chi connectivity index (χ2v) is 12.6. The smallest absolute Gasteiger partial charge is 0.251 e. The fourth-order valence-corrected chi connectivity index (χ4v) is 4.74. The molecule has 2 aliphatic carbocycles. The van der Waals surface area contributed by atoms with E-state index in [1.807, 2.05) is 52.8 Å². The third-order valence-electron chi connectivity index (χ3n) is 7.50. The summed E-state index contributed by atoms with van der Waals surface area (Å²) in [5, 5.41) is 14.4. The lowest BCUT2D eigenvalue weighted by Crippen LogP contribution is -2.30. The molecule has 0 fully saturated rings. The van der Waals surface area contributed by atoms with Crippen molar-refractivity contribution in [2.75, 3.05) is 36.4 Å². The van der Waals surface area contributed by atoms with Crippen molar-refractivity contribution in [3.8, 4) is 0 Å². The zero-order valence-corrected chi connectivity index (χ0v) is 26.8. The lowest BCUT2D eigenvalue weighted by atomic mass is 9.78. The third kappa shape index (κ3) is 6.58. The van der Waals surface area contributed by atoms with Gasteiger partial charge in [-0.05, 0) is 64.1 Å². The molecule has 3 rings (SSSR count). The highest BCUT2D eigenvalue weighted by atomic mass is 16.3. The number of carbonyl (C=O) groups is 3. The van der Waals surface area contributed by atoms with Crippen LogP contribution in [0.25, 0.3) is 5.57 Å². The maximum atomic E-state index is 13.8. The van der Waals surface area contributed by atoms with E-state index in [1.165, 1.54) is 0 Å². The molecule has 0 spiro atoms. The number of hydrogen-bond donors (Lipinski definition) is 2. The molecule has 8 heteroatoms. The van der Waals surface area contributed by atoms with Crippen molar-refractivity contribution >= 4 is 40.3 Å². The SMILES string of the molecule is CCN(CC)C1=CC(=NC(=O)C(C)(C)C)/C(=C2/C(=O)C(c3ccc(N(CC)CC)cc3NC(=O)C(C)(C)C)=C2O)C=C1. The molecule has 0 radical (unpaired) electrons. The number of aliphatic hydroxyl groups excluding tert-OH is 1. The van der Waals surface area contributed by atoms with E-state index in [4.69, 9.17) is 0 Å². The maximum Gasteiger partial charge on any atom is 0.251 e. The van der Waals surface area contributed by atoms with Gasteiger partial charge in [0.25, 0.3) is 5.91 Å². The lowest BCUT2D eigenvalue weighted by molar-refractivity contribution is -0.125. The molecule has 0 aliphatic heterocycles. The average Bonchev–Trinajstić information content (AvgIpc) is 2.91. The Hall–Kier alpha value is -3.94. The molecule has 0 heterocycles. The molecule has 8 nitrogen and oxygen atoms in total. The number of ketones is 1. The summed E-state index contributed by atoms with van der Waals surface area (Å²) in [4.78, 5) is 48.4. The number of amides is 2. The number of allylic oxidation sites excluding steroid dienone is 6. The van der Waals surface area contributed by atoms with Gasteiger partial charge in [0, 0.05) is 59.5 Å². The Bertz CT molecular complexity index is 1420. The summed E-state index contributed by atoms with van der Waals surface area (Å²) in [6.45, 7) is 22.1. The first-order chi connectivity index (χ1) is 19.6. The molecule has 0 saturated heterocycles. The van der Waals surface area contributed by atoms with Gasteiger partial charge in [0.2, 0.25) is 11.7 Å². The molecule has 2 aliphatic rings. The third-order valence-corrected chi connectivity index (χ3v) is 7.50. The summed E-state index contributed by atoms with van der Waals surface area (Å²) >= 11 is 0. The standard InChI is InChI=1S/C34H46N4O4/c1-11-37(12-2)21-15-17-23(25(19-21)35-31(41)33(5,6)7)27-29(39)28(30(27)40)24-18-16-22(38(13-3)14-4)20-26(24)36-32(42)34(8,9)10/h15-20,39H,11-14H2,1-10H3,(H,35,41)/b28-24+,36-26?. The summed E-state index contributed by atoms with van der Waals surface area (Å²) in [5.74, 6) is -1.08. The second-order valence-electron chi connectivity index (χ2n) is 12.6. The highest BCUT2D eigenvalue weighted by Crippen LogP contribution is 2.43. The zero-order chi connectivity index (χ0) is 31.6. The van der Waals surface area contributed by atoms with Crippen molar-refractivity contribution in [3.05, 3.63) is 64.6 Å². The Morgan fingerprint density at radius 1 is 0.857 bits per heavy atom. The number of aliphatic hydroxyl groups is 1. The van der Waals surface area contributed by atoms with Crippen molar-refractivity contribution in [2.24, 2.45) is 15.8 Å². The van der Waals surface area contributed by atoms with Gasteiger partial charge in [-0.2, -0.15) is 0 Å². The quantitative estimate of drug-likeness (QED) is 0.345. The number of likely N-dealkylation sites (N-methyl/N-ethyl adjacent to an activating group) is 1. The molecule has 0 unspecified atom stereocenters. The van der Waals surface area contributed by atoms with Crippen LogP contribution >= 0.6 is 0 Å². The number of rotatable bonds is 8. The van der Waals surface area contributed by atoms with Gasteiger partial charge in [-0.25, -0.2) is 4.99 Å². The molecule has 226 valence electrons. The van der Waals surface area contributed by atoms with E-state index in [9.17, 15) is 19.5 Å². The number of benzene rings is 1. The van der Waals surface area contributed by atoms with Gasteiger partial charge in [-0.3, -0.25) is 14.4 Å². The summed E-state index contributed by atoms with van der Waals surface area (Å²) in [5.41, 5.74) is 2.27. The van der Waals surface area contributed by atoms with E-state index in [0.29, 0.717) is 22.5 Å². The minimum absolute atomic E-state index is 0.109. The average molecular weight is 575 g/mol. The Morgan fingerprint density at radius 3 is 1.95 bits per heavy atom. The summed E-state index contributed by atoms with van der Waals surface area (Å²) in [7, 11) is 0. The van der Waals surface area contributed by atoms with Gasteiger partial charge in [0.15, 0.2) is 0 Å². The van der Waals surface area contributed by atoms with E-state index in [0.717, 1.165) is 37.6 Å². The summed E-state index contributed by atoms with van der Waals surface area (Å²) in [6, 6.07) is 5.51.